The minimum absolute atomic E-state index is 0. The van der Waals surface area contributed by atoms with E-state index in [0.717, 1.165) is 0 Å². The van der Waals surface area contributed by atoms with Gasteiger partial charge in [-0.2, -0.15) is 0 Å². The summed E-state index contributed by atoms with van der Waals surface area (Å²) >= 11 is 0. The molecule has 9 heavy (non-hydrogen) atoms. The van der Waals surface area contributed by atoms with Crippen molar-refractivity contribution in [3.8, 4) is 0 Å². The molecule has 5 heteroatoms. The van der Waals surface area contributed by atoms with Crippen LogP contribution in [0.3, 0.4) is 0 Å². The molecule has 0 amide bonds. The second-order valence-electron chi connectivity index (χ2n) is 1.37. The third-order valence-electron chi connectivity index (χ3n) is 0.824. The molecule has 0 aromatic rings. The molecule has 0 bridgehead atoms. The molecule has 0 atom stereocenters. The molecule has 0 aromatic heterocycles. The third kappa shape index (κ3) is 3.98. The minimum Gasteiger partial charge on any atom is -0.411 e. The van der Waals surface area contributed by atoms with E-state index in [4.69, 9.17) is 10.4 Å². The summed E-state index contributed by atoms with van der Waals surface area (Å²) in [5.74, 6) is 0. The van der Waals surface area contributed by atoms with Crippen LogP contribution in [0.2, 0.25) is 0 Å². The van der Waals surface area contributed by atoms with Gasteiger partial charge in [0.25, 0.3) is 0 Å². The maximum absolute atomic E-state index is 8.03. The van der Waals surface area contributed by atoms with Crippen molar-refractivity contribution in [3.63, 3.8) is 0 Å². The van der Waals surface area contributed by atoms with Crippen LogP contribution in [0.25, 0.3) is 0 Å². The molecule has 0 aliphatic carbocycles. The van der Waals surface area contributed by atoms with Crippen LogP contribution in [0.15, 0.2) is 10.3 Å². The van der Waals surface area contributed by atoms with Crippen molar-refractivity contribution in [2.45, 2.75) is 13.8 Å². The molecular weight excluding hydrogens is 167 g/mol. The van der Waals surface area contributed by atoms with Crippen LogP contribution in [-0.2, 0) is 16.8 Å². The van der Waals surface area contributed by atoms with E-state index < -0.39 is 0 Å². The van der Waals surface area contributed by atoms with Gasteiger partial charge < -0.3 is 10.4 Å². The predicted octanol–water partition coefficient (Wildman–Crippen LogP) is 0.684. The summed E-state index contributed by atoms with van der Waals surface area (Å²) in [5, 5.41) is 21.6. The van der Waals surface area contributed by atoms with Crippen molar-refractivity contribution in [1.82, 2.24) is 0 Å². The Morgan fingerprint density at radius 2 is 1.22 bits per heavy atom. The first kappa shape index (κ1) is 11.3. The topological polar surface area (TPSA) is 65.2 Å². The van der Waals surface area contributed by atoms with Crippen LogP contribution >= 0.6 is 0 Å². The van der Waals surface area contributed by atoms with E-state index in [0.29, 0.717) is 11.4 Å². The second-order valence-corrected chi connectivity index (χ2v) is 1.37. The van der Waals surface area contributed by atoms with Crippen LogP contribution in [0.5, 0.6) is 0 Å². The van der Waals surface area contributed by atoms with Crippen LogP contribution in [0.4, 0.5) is 0 Å². The number of oxime groups is 2. The van der Waals surface area contributed by atoms with Gasteiger partial charge in [0.2, 0.25) is 0 Å². The zero-order chi connectivity index (χ0) is 6.57. The predicted molar refractivity (Wildman–Crippen MR) is 29.8 cm³/mol. The van der Waals surface area contributed by atoms with Gasteiger partial charge >= 0.3 is 0 Å². The molecule has 4 nitrogen and oxygen atoms in total. The van der Waals surface area contributed by atoms with Gasteiger partial charge in [0.05, 0.1) is 0 Å². The third-order valence-corrected chi connectivity index (χ3v) is 0.824. The average molecular weight is 175 g/mol. The molecule has 55 valence electrons. The largest absolute Gasteiger partial charge is 0.411 e. The Balaban J connectivity index is 0. The first-order valence-corrected chi connectivity index (χ1v) is 2.10. The SMILES string of the molecule is CC(=N\O)/C(C)=N/O.[Co]. The van der Waals surface area contributed by atoms with Crippen LogP contribution in [0, 0.1) is 0 Å². The average Bonchev–Trinajstić information content (AvgIpc) is 1.84. The Labute approximate surface area is 63.4 Å². The summed E-state index contributed by atoms with van der Waals surface area (Å²) in [5.41, 5.74) is 0.625. The second kappa shape index (κ2) is 5.58. The van der Waals surface area contributed by atoms with E-state index in [-0.39, 0.29) is 16.8 Å². The molecule has 2 N–H and O–H groups in total. The van der Waals surface area contributed by atoms with E-state index in [1.807, 2.05) is 0 Å². The quantitative estimate of drug-likeness (QED) is 0.349. The first-order chi connectivity index (χ1) is 3.72. The molecule has 0 rings (SSSR count). The van der Waals surface area contributed by atoms with E-state index in [2.05, 4.69) is 10.3 Å². The van der Waals surface area contributed by atoms with Gasteiger partial charge in [-0.3, -0.25) is 0 Å². The Kier molecular flexibility index (Phi) is 6.99. The smallest absolute Gasteiger partial charge is 0.101 e. The van der Waals surface area contributed by atoms with E-state index in [1.165, 1.54) is 13.8 Å². The fourth-order valence-corrected chi connectivity index (χ4v) is 0.145. The van der Waals surface area contributed by atoms with Crippen molar-refractivity contribution in [2.75, 3.05) is 0 Å². The zero-order valence-corrected chi connectivity index (χ0v) is 6.16. The molecule has 1 radical (unpaired) electrons. The van der Waals surface area contributed by atoms with E-state index in [1.54, 1.807) is 0 Å². The molecule has 0 spiro atoms. The van der Waals surface area contributed by atoms with Crippen molar-refractivity contribution >= 4 is 11.4 Å². The summed E-state index contributed by atoms with van der Waals surface area (Å²) < 4.78 is 0. The van der Waals surface area contributed by atoms with Gasteiger partial charge in [-0.25, -0.2) is 0 Å². The first-order valence-electron chi connectivity index (χ1n) is 2.10. The monoisotopic (exact) mass is 175 g/mol. The van der Waals surface area contributed by atoms with Gasteiger partial charge in [0, 0.05) is 16.8 Å². The molecule has 0 fully saturated rings. The number of rotatable bonds is 1. The fourth-order valence-electron chi connectivity index (χ4n) is 0.145. The van der Waals surface area contributed by atoms with Gasteiger partial charge in [0.1, 0.15) is 11.4 Å². The summed E-state index contributed by atoms with van der Waals surface area (Å²) in [6, 6.07) is 0. The molecule has 0 aliphatic heterocycles. The zero-order valence-electron chi connectivity index (χ0n) is 5.12. The van der Waals surface area contributed by atoms with Crippen LogP contribution < -0.4 is 0 Å². The van der Waals surface area contributed by atoms with Gasteiger partial charge in [0.15, 0.2) is 0 Å². The van der Waals surface area contributed by atoms with Crippen LogP contribution in [0.1, 0.15) is 13.8 Å². The van der Waals surface area contributed by atoms with Gasteiger partial charge in [-0.15, -0.1) is 0 Å². The molecule has 0 aromatic carbocycles. The molecule has 0 saturated heterocycles. The van der Waals surface area contributed by atoms with E-state index in [9.17, 15) is 0 Å². The Hall–Kier alpha value is -0.554. The van der Waals surface area contributed by atoms with Crippen molar-refractivity contribution in [1.29, 1.82) is 0 Å². The Morgan fingerprint density at radius 1 is 1.00 bits per heavy atom. The van der Waals surface area contributed by atoms with Crippen molar-refractivity contribution in [3.05, 3.63) is 0 Å². The molecular formula is C4H8CoN2O2. The maximum Gasteiger partial charge on any atom is 0.101 e. The maximum atomic E-state index is 8.03. The van der Waals surface area contributed by atoms with E-state index >= 15 is 0 Å². The summed E-state index contributed by atoms with van der Waals surface area (Å²) in [4.78, 5) is 0. The molecule has 0 unspecified atom stereocenters. The number of hydrogen-bond donors (Lipinski definition) is 2. The van der Waals surface area contributed by atoms with Crippen molar-refractivity contribution < 1.29 is 27.2 Å². The standard InChI is InChI=1S/C4H8N2O2.Co/c1-3(5-7)4(2)6-8;/h7-8H,1-2H3;/b5-3+,6-4+;. The molecule has 0 saturated carbocycles. The summed E-state index contributed by atoms with van der Waals surface area (Å²) in [6.07, 6.45) is 0. The Bertz CT molecular complexity index is 117. The van der Waals surface area contributed by atoms with Gasteiger partial charge in [-0.1, -0.05) is 10.3 Å². The van der Waals surface area contributed by atoms with Crippen LogP contribution in [-0.4, -0.2) is 21.8 Å². The molecule has 0 heterocycles. The Morgan fingerprint density at radius 3 is 1.33 bits per heavy atom. The fraction of sp³-hybridized carbons (Fsp3) is 0.500. The van der Waals surface area contributed by atoms with Crippen molar-refractivity contribution in [2.24, 2.45) is 10.3 Å². The summed E-state index contributed by atoms with van der Waals surface area (Å²) in [7, 11) is 0. The molecule has 0 aliphatic rings. The van der Waals surface area contributed by atoms with Gasteiger partial charge in [-0.05, 0) is 13.8 Å². The number of nitrogens with zero attached hydrogens (tertiary/aromatic N) is 2. The normalized spacial score (nSPS) is 12.7. The number of hydrogen-bond acceptors (Lipinski definition) is 4. The minimum atomic E-state index is 0. The summed E-state index contributed by atoms with van der Waals surface area (Å²) in [6.45, 7) is 3.07.